The van der Waals surface area contributed by atoms with Gasteiger partial charge in [0.25, 0.3) is 0 Å². The summed E-state index contributed by atoms with van der Waals surface area (Å²) in [5, 5.41) is 0. The second-order valence-electron chi connectivity index (χ2n) is 12.1. The van der Waals surface area contributed by atoms with Crippen LogP contribution in [0.3, 0.4) is 0 Å². The van der Waals surface area contributed by atoms with Gasteiger partial charge in [0.2, 0.25) is 0 Å². The summed E-state index contributed by atoms with van der Waals surface area (Å²) in [5.74, 6) is 2.37. The topological polar surface area (TPSA) is 59.1 Å². The predicted octanol–water partition coefficient (Wildman–Crippen LogP) is 10.3. The minimum atomic E-state index is -0.328. The smallest absolute Gasteiger partial charge is 0.315 e. The number of nitrogens with zero attached hydrogens (tertiary/aromatic N) is 2. The zero-order chi connectivity index (χ0) is 37.3. The van der Waals surface area contributed by atoms with E-state index in [-0.39, 0.29) is 24.8 Å². The number of rotatable bonds is 20. The van der Waals surface area contributed by atoms with E-state index < -0.39 is 0 Å². The number of carbonyl (C=O) groups is 2. The highest BCUT2D eigenvalue weighted by Gasteiger charge is 2.14. The van der Waals surface area contributed by atoms with Crippen molar-refractivity contribution in [2.75, 3.05) is 59.5 Å². The third kappa shape index (κ3) is 12.2. The molecule has 0 bridgehead atoms. The molecule has 4 aromatic rings. The van der Waals surface area contributed by atoms with Crippen molar-refractivity contribution in [3.05, 3.63) is 119 Å². The van der Waals surface area contributed by atoms with Gasteiger partial charge in [-0.2, -0.15) is 0 Å². The van der Waals surface area contributed by atoms with Gasteiger partial charge in [-0.25, -0.2) is 0 Å². The second kappa shape index (κ2) is 21.8. The molecule has 0 aliphatic carbocycles. The molecule has 0 aromatic heterocycles. The van der Waals surface area contributed by atoms with Gasteiger partial charge in [0.05, 0.1) is 12.8 Å². The third-order valence-corrected chi connectivity index (χ3v) is 9.33. The monoisotopic (exact) mass is 782 g/mol. The van der Waals surface area contributed by atoms with Gasteiger partial charge >= 0.3 is 11.9 Å². The van der Waals surface area contributed by atoms with E-state index in [4.69, 9.17) is 55.9 Å². The molecule has 276 valence electrons. The summed E-state index contributed by atoms with van der Waals surface area (Å²) in [6.45, 7) is 7.07. The SMILES string of the molecule is CC/C(=C(\CC)c1ccc(OC(=O)Cc2ccc(N(CCCl)CCCl)cc2)cc1)c1ccc(OC(=O)Cc2ccc(N(CCCl)CCCl)cc2)cc1. The molecule has 0 fully saturated rings. The van der Waals surface area contributed by atoms with E-state index in [1.807, 2.05) is 97.1 Å². The number of alkyl halides is 4. The van der Waals surface area contributed by atoms with E-state index in [9.17, 15) is 9.59 Å². The highest BCUT2D eigenvalue weighted by molar-refractivity contribution is 6.19. The molecule has 0 atom stereocenters. The molecule has 6 nitrogen and oxygen atoms in total. The molecule has 0 unspecified atom stereocenters. The van der Waals surface area contributed by atoms with Gasteiger partial charge in [0, 0.05) is 61.1 Å². The minimum absolute atomic E-state index is 0.162. The van der Waals surface area contributed by atoms with Crippen LogP contribution in [0.5, 0.6) is 11.5 Å². The fourth-order valence-corrected chi connectivity index (χ4v) is 6.91. The Bertz CT molecular complexity index is 1590. The zero-order valence-corrected chi connectivity index (χ0v) is 32.8. The Morgan fingerprint density at radius 2 is 0.788 bits per heavy atom. The molecule has 0 saturated heterocycles. The molecule has 0 amide bonds. The number of ether oxygens (including phenoxy) is 2. The molecule has 4 rings (SSSR count). The van der Waals surface area contributed by atoms with E-state index in [1.54, 1.807) is 0 Å². The summed E-state index contributed by atoms with van der Waals surface area (Å²) in [7, 11) is 0. The number of allylic oxidation sites excluding steroid dienone is 2. The maximum absolute atomic E-state index is 12.8. The lowest BCUT2D eigenvalue weighted by Gasteiger charge is -2.23. The Labute approximate surface area is 328 Å². The molecule has 0 saturated carbocycles. The number of carbonyl (C=O) groups excluding carboxylic acids is 2. The van der Waals surface area contributed by atoms with Gasteiger partial charge in [-0.3, -0.25) is 9.59 Å². The molecule has 0 N–H and O–H groups in total. The molecule has 10 heteroatoms. The second-order valence-corrected chi connectivity index (χ2v) is 13.6. The molecular weight excluding hydrogens is 738 g/mol. The number of halogens is 4. The molecule has 0 aliphatic heterocycles. The molecule has 52 heavy (non-hydrogen) atoms. The van der Waals surface area contributed by atoms with Crippen LogP contribution in [0.4, 0.5) is 11.4 Å². The van der Waals surface area contributed by atoms with Crippen molar-refractivity contribution in [1.82, 2.24) is 0 Å². The van der Waals surface area contributed by atoms with E-state index in [0.717, 1.165) is 46.5 Å². The lowest BCUT2D eigenvalue weighted by Crippen LogP contribution is -2.27. The van der Waals surface area contributed by atoms with Crippen LogP contribution >= 0.6 is 46.4 Å². The van der Waals surface area contributed by atoms with E-state index in [0.29, 0.717) is 61.2 Å². The maximum atomic E-state index is 12.8. The van der Waals surface area contributed by atoms with Crippen LogP contribution in [0.25, 0.3) is 11.1 Å². The molecule has 0 spiro atoms. The van der Waals surface area contributed by atoms with Crippen molar-refractivity contribution >= 4 is 80.9 Å². The zero-order valence-electron chi connectivity index (χ0n) is 29.8. The average Bonchev–Trinajstić information content (AvgIpc) is 3.15. The lowest BCUT2D eigenvalue weighted by molar-refractivity contribution is -0.134. The van der Waals surface area contributed by atoms with Gasteiger partial charge in [-0.1, -0.05) is 62.4 Å². The number of esters is 2. The predicted molar refractivity (Wildman–Crippen MR) is 219 cm³/mol. The first-order valence-corrected chi connectivity index (χ1v) is 19.7. The first-order valence-electron chi connectivity index (χ1n) is 17.6. The molecular formula is C42H46Cl4N2O4. The van der Waals surface area contributed by atoms with Crippen molar-refractivity contribution in [2.24, 2.45) is 0 Å². The Morgan fingerprint density at radius 1 is 0.481 bits per heavy atom. The summed E-state index contributed by atoms with van der Waals surface area (Å²) >= 11 is 23.7. The van der Waals surface area contributed by atoms with Crippen molar-refractivity contribution in [1.29, 1.82) is 0 Å². The summed E-state index contributed by atoms with van der Waals surface area (Å²) in [6, 6.07) is 30.9. The van der Waals surface area contributed by atoms with Crippen LogP contribution in [-0.4, -0.2) is 61.6 Å². The van der Waals surface area contributed by atoms with E-state index in [2.05, 4.69) is 23.6 Å². The van der Waals surface area contributed by atoms with Crippen molar-refractivity contribution < 1.29 is 19.1 Å². The van der Waals surface area contributed by atoms with Gasteiger partial charge < -0.3 is 19.3 Å². The van der Waals surface area contributed by atoms with E-state index >= 15 is 0 Å². The Morgan fingerprint density at radius 3 is 1.06 bits per heavy atom. The van der Waals surface area contributed by atoms with Gasteiger partial charge in [0.1, 0.15) is 11.5 Å². The summed E-state index contributed by atoms with van der Waals surface area (Å²) < 4.78 is 11.4. The third-order valence-electron chi connectivity index (χ3n) is 8.66. The van der Waals surface area contributed by atoms with Crippen LogP contribution in [-0.2, 0) is 22.4 Å². The Hall–Kier alpha value is -3.68. The quantitative estimate of drug-likeness (QED) is 0.0385. The Balaban J connectivity index is 1.35. The van der Waals surface area contributed by atoms with Gasteiger partial charge in [-0.15, -0.1) is 46.4 Å². The van der Waals surface area contributed by atoms with Crippen LogP contribution < -0.4 is 19.3 Å². The minimum Gasteiger partial charge on any atom is -0.426 e. The first-order chi connectivity index (χ1) is 25.3. The highest BCUT2D eigenvalue weighted by atomic mass is 35.5. The van der Waals surface area contributed by atoms with Gasteiger partial charge in [0.15, 0.2) is 0 Å². The normalized spacial score (nSPS) is 11.5. The molecule has 4 aromatic carbocycles. The summed E-state index contributed by atoms with van der Waals surface area (Å²) in [6.07, 6.45) is 1.96. The maximum Gasteiger partial charge on any atom is 0.315 e. The lowest BCUT2D eigenvalue weighted by atomic mass is 9.91. The molecule has 0 aliphatic rings. The highest BCUT2D eigenvalue weighted by Crippen LogP contribution is 2.33. The fraction of sp³-hybridized carbons (Fsp3) is 0.333. The van der Waals surface area contributed by atoms with Crippen LogP contribution in [0.2, 0.25) is 0 Å². The van der Waals surface area contributed by atoms with Gasteiger partial charge in [-0.05, 0) is 94.8 Å². The summed E-state index contributed by atoms with van der Waals surface area (Å²) in [4.78, 5) is 29.8. The molecule has 0 radical (unpaired) electrons. The first kappa shape index (κ1) is 41.1. The fourth-order valence-electron chi connectivity index (χ4n) is 6.10. The number of anilines is 2. The summed E-state index contributed by atoms with van der Waals surface area (Å²) in [5.41, 5.74) is 8.27. The van der Waals surface area contributed by atoms with Crippen LogP contribution in [0.1, 0.15) is 48.9 Å². The number of benzene rings is 4. The number of hydrogen-bond donors (Lipinski definition) is 0. The Kier molecular flexibility index (Phi) is 17.2. The molecule has 0 heterocycles. The number of hydrogen-bond acceptors (Lipinski definition) is 6. The van der Waals surface area contributed by atoms with Crippen molar-refractivity contribution in [2.45, 2.75) is 39.5 Å². The van der Waals surface area contributed by atoms with Crippen LogP contribution in [0.15, 0.2) is 97.1 Å². The largest absolute Gasteiger partial charge is 0.426 e. The van der Waals surface area contributed by atoms with E-state index in [1.165, 1.54) is 11.1 Å². The van der Waals surface area contributed by atoms with Crippen molar-refractivity contribution in [3.8, 4) is 11.5 Å². The average molecular weight is 785 g/mol. The van der Waals surface area contributed by atoms with Crippen LogP contribution in [0, 0.1) is 0 Å². The van der Waals surface area contributed by atoms with Crippen molar-refractivity contribution in [3.63, 3.8) is 0 Å². The standard InChI is InChI=1S/C42H46Cl4N2O4/c1-3-39(33-9-17-37(18-10-33)51-41(49)29-31-5-13-35(14-6-31)47(25-21-43)26-22-44)40(4-2)34-11-19-38(20-12-34)52-42(50)30-32-7-15-36(16-8-32)48(27-23-45)28-24-46/h5-20H,3-4,21-30H2,1-2H3/b40-39-.